The summed E-state index contributed by atoms with van der Waals surface area (Å²) in [7, 11) is 0. The topological polar surface area (TPSA) is 49.3 Å². The van der Waals surface area contributed by atoms with E-state index in [1.807, 2.05) is 0 Å². The smallest absolute Gasteiger partial charge is 0.416 e. The van der Waals surface area contributed by atoms with E-state index in [0.717, 1.165) is 42.5 Å². The van der Waals surface area contributed by atoms with Crippen LogP contribution in [0.2, 0.25) is 0 Å². The first-order chi connectivity index (χ1) is 14.7. The van der Waals surface area contributed by atoms with E-state index in [9.17, 15) is 27.5 Å². The summed E-state index contributed by atoms with van der Waals surface area (Å²) in [4.78, 5) is 12.0. The molecule has 0 aromatic heterocycles. The predicted molar refractivity (Wildman–Crippen MR) is 112 cm³/mol. The average molecular weight is 447 g/mol. The Labute approximate surface area is 180 Å². The van der Waals surface area contributed by atoms with Crippen LogP contribution in [0.4, 0.5) is 23.2 Å². The number of carboxylic acid groups (broad SMARTS) is 1. The zero-order valence-corrected chi connectivity index (χ0v) is 16.9. The number of halogens is 4. The van der Waals surface area contributed by atoms with Crippen LogP contribution in [-0.2, 0) is 6.18 Å². The van der Waals surface area contributed by atoms with E-state index in [2.05, 4.69) is 4.72 Å². The van der Waals surface area contributed by atoms with Crippen LogP contribution in [0.25, 0.3) is 11.1 Å². The average Bonchev–Trinajstić information content (AvgIpc) is 3.56. The number of nitrogens with one attached hydrogen (secondary N) is 1. The Morgan fingerprint density at radius 3 is 2.45 bits per heavy atom. The first kappa shape index (κ1) is 21.2. The van der Waals surface area contributed by atoms with Crippen molar-refractivity contribution in [2.45, 2.75) is 29.8 Å². The molecule has 0 unspecified atom stereocenters. The Bertz CT molecular complexity index is 1140. The van der Waals surface area contributed by atoms with Gasteiger partial charge < -0.3 is 9.83 Å². The van der Waals surface area contributed by atoms with Gasteiger partial charge in [0.25, 0.3) is 0 Å². The van der Waals surface area contributed by atoms with E-state index < -0.39 is 23.5 Å². The fraction of sp³-hybridized carbons (Fsp3) is 0.174. The van der Waals surface area contributed by atoms with Crippen molar-refractivity contribution in [3.8, 4) is 11.1 Å². The lowest BCUT2D eigenvalue weighted by Gasteiger charge is -2.16. The van der Waals surface area contributed by atoms with Gasteiger partial charge in [0.05, 0.1) is 16.8 Å². The van der Waals surface area contributed by atoms with Crippen LogP contribution in [0.15, 0.2) is 65.6 Å². The number of aromatic carboxylic acids is 1. The van der Waals surface area contributed by atoms with Crippen molar-refractivity contribution >= 4 is 23.6 Å². The van der Waals surface area contributed by atoms with Gasteiger partial charge in [-0.05, 0) is 78.2 Å². The Balaban J connectivity index is 1.72. The fourth-order valence-corrected chi connectivity index (χ4v) is 4.24. The first-order valence-corrected chi connectivity index (χ1v) is 10.3. The summed E-state index contributed by atoms with van der Waals surface area (Å²) in [5.41, 5.74) is 1.22. The third kappa shape index (κ3) is 4.85. The highest BCUT2D eigenvalue weighted by Crippen LogP contribution is 2.45. The minimum absolute atomic E-state index is 0.100. The molecule has 0 spiro atoms. The van der Waals surface area contributed by atoms with Crippen molar-refractivity contribution in [1.82, 2.24) is 0 Å². The third-order valence-corrected chi connectivity index (χ3v) is 5.93. The van der Waals surface area contributed by atoms with Gasteiger partial charge in [-0.25, -0.2) is 9.18 Å². The van der Waals surface area contributed by atoms with Gasteiger partial charge in [-0.3, -0.25) is 0 Å². The van der Waals surface area contributed by atoms with Crippen LogP contribution >= 0.6 is 11.9 Å². The maximum atomic E-state index is 13.7. The van der Waals surface area contributed by atoms with E-state index in [4.69, 9.17) is 0 Å². The Kier molecular flexibility index (Phi) is 5.66. The summed E-state index contributed by atoms with van der Waals surface area (Å²) in [5, 5.41) is 9.29. The number of hydrogen-bond acceptors (Lipinski definition) is 3. The van der Waals surface area contributed by atoms with Gasteiger partial charge in [-0.1, -0.05) is 24.3 Å². The van der Waals surface area contributed by atoms with Crippen LogP contribution in [0, 0.1) is 5.82 Å². The SMILES string of the molecule is O=C(O)c1ccc(C2CC2)c(SNc2cc(C(F)(F)F)ccc2-c2cccc(F)c2)c1. The summed E-state index contributed by atoms with van der Waals surface area (Å²) < 4.78 is 56.5. The molecule has 3 aromatic carbocycles. The molecule has 0 bridgehead atoms. The first-order valence-electron chi connectivity index (χ1n) is 9.49. The number of rotatable bonds is 6. The molecule has 0 aliphatic heterocycles. The Morgan fingerprint density at radius 2 is 1.81 bits per heavy atom. The zero-order chi connectivity index (χ0) is 22.2. The maximum Gasteiger partial charge on any atom is 0.416 e. The molecular formula is C23H17F4NO2S. The number of carbonyl (C=O) groups is 1. The second-order valence-corrected chi connectivity index (χ2v) is 8.15. The van der Waals surface area contributed by atoms with Crippen LogP contribution < -0.4 is 4.72 Å². The highest BCUT2D eigenvalue weighted by molar-refractivity contribution is 8.00. The van der Waals surface area contributed by atoms with E-state index in [1.54, 1.807) is 12.1 Å². The summed E-state index contributed by atoms with van der Waals surface area (Å²) in [5.74, 6) is -1.26. The molecule has 1 aliphatic carbocycles. The van der Waals surface area contributed by atoms with E-state index >= 15 is 0 Å². The molecule has 1 fully saturated rings. The number of hydrogen-bond donors (Lipinski definition) is 2. The van der Waals surface area contributed by atoms with Gasteiger partial charge >= 0.3 is 12.1 Å². The molecular weight excluding hydrogens is 430 g/mol. The molecule has 3 aromatic rings. The summed E-state index contributed by atoms with van der Waals surface area (Å²) >= 11 is 1.06. The van der Waals surface area contributed by atoms with Crippen LogP contribution in [-0.4, -0.2) is 11.1 Å². The monoisotopic (exact) mass is 447 g/mol. The van der Waals surface area contributed by atoms with Crippen molar-refractivity contribution in [3.63, 3.8) is 0 Å². The van der Waals surface area contributed by atoms with Gasteiger partial charge in [0.1, 0.15) is 5.82 Å². The van der Waals surface area contributed by atoms with E-state index in [1.165, 1.54) is 36.4 Å². The van der Waals surface area contributed by atoms with Crippen molar-refractivity contribution in [2.24, 2.45) is 0 Å². The number of alkyl halides is 3. The molecule has 3 nitrogen and oxygen atoms in total. The summed E-state index contributed by atoms with van der Waals surface area (Å²) in [6.45, 7) is 0. The summed E-state index contributed by atoms with van der Waals surface area (Å²) in [6.07, 6.45) is -2.57. The van der Waals surface area contributed by atoms with Crippen molar-refractivity contribution in [3.05, 3.63) is 83.2 Å². The maximum absolute atomic E-state index is 13.7. The molecule has 0 atom stereocenters. The summed E-state index contributed by atoms with van der Waals surface area (Å²) in [6, 6.07) is 13.6. The molecule has 160 valence electrons. The molecule has 0 radical (unpaired) electrons. The molecule has 2 N–H and O–H groups in total. The van der Waals surface area contributed by atoms with Gasteiger partial charge in [-0.15, -0.1) is 0 Å². The van der Waals surface area contributed by atoms with Crippen LogP contribution in [0.1, 0.15) is 40.2 Å². The highest BCUT2D eigenvalue weighted by Gasteiger charge is 2.31. The predicted octanol–water partition coefficient (Wildman–Crippen LogP) is 7.21. The van der Waals surface area contributed by atoms with Crippen LogP contribution in [0.3, 0.4) is 0 Å². The quantitative estimate of drug-likeness (QED) is 0.310. The van der Waals surface area contributed by atoms with Crippen molar-refractivity contribution in [2.75, 3.05) is 4.72 Å². The molecule has 4 rings (SSSR count). The number of benzene rings is 3. The molecule has 31 heavy (non-hydrogen) atoms. The zero-order valence-electron chi connectivity index (χ0n) is 16.0. The van der Waals surface area contributed by atoms with Gasteiger partial charge in [0.15, 0.2) is 0 Å². The molecule has 0 saturated heterocycles. The molecule has 1 aliphatic rings. The van der Waals surface area contributed by atoms with Gasteiger partial charge in [0.2, 0.25) is 0 Å². The minimum atomic E-state index is -4.54. The number of carboxylic acids is 1. The van der Waals surface area contributed by atoms with Crippen molar-refractivity contribution in [1.29, 1.82) is 0 Å². The highest BCUT2D eigenvalue weighted by atomic mass is 32.2. The normalized spacial score (nSPS) is 13.8. The lowest BCUT2D eigenvalue weighted by Crippen LogP contribution is -2.06. The minimum Gasteiger partial charge on any atom is -0.478 e. The molecule has 8 heteroatoms. The second kappa shape index (κ2) is 8.26. The Hall–Kier alpha value is -3.00. The van der Waals surface area contributed by atoms with Gasteiger partial charge in [-0.2, -0.15) is 13.2 Å². The molecule has 0 heterocycles. The van der Waals surface area contributed by atoms with E-state index in [0.29, 0.717) is 21.9 Å². The largest absolute Gasteiger partial charge is 0.478 e. The molecule has 1 saturated carbocycles. The Morgan fingerprint density at radius 1 is 1.03 bits per heavy atom. The lowest BCUT2D eigenvalue weighted by atomic mass is 10.0. The van der Waals surface area contributed by atoms with Gasteiger partial charge in [0, 0.05) is 10.5 Å². The fourth-order valence-electron chi connectivity index (χ4n) is 3.31. The second-order valence-electron chi connectivity index (χ2n) is 7.30. The van der Waals surface area contributed by atoms with Crippen LogP contribution in [0.5, 0.6) is 0 Å². The number of anilines is 1. The standard InChI is InChI=1S/C23H17F4NO2S/c24-17-3-1-2-14(10-17)18-9-7-16(23(25,26)27)12-20(18)28-31-21-11-15(22(29)30)6-8-19(21)13-4-5-13/h1-3,6-13,28H,4-5H2,(H,29,30). The third-order valence-electron chi connectivity index (χ3n) is 5.03. The molecule has 0 amide bonds. The lowest BCUT2D eigenvalue weighted by molar-refractivity contribution is -0.137. The van der Waals surface area contributed by atoms with Crippen molar-refractivity contribution < 1.29 is 27.5 Å². The van der Waals surface area contributed by atoms with E-state index in [-0.39, 0.29) is 11.3 Å².